The molecule has 3 unspecified atom stereocenters. The van der Waals surface area contributed by atoms with Gasteiger partial charge in [0.15, 0.2) is 0 Å². The number of rotatable bonds is 6. The number of hydrogen-bond acceptors (Lipinski definition) is 2. The smallest absolute Gasteiger partial charge is 0.0839 e. The van der Waals surface area contributed by atoms with Gasteiger partial charge in [0, 0.05) is 12.6 Å². The lowest BCUT2D eigenvalue weighted by Crippen LogP contribution is -2.58. The van der Waals surface area contributed by atoms with E-state index >= 15 is 0 Å². The molecule has 0 radical (unpaired) electrons. The Morgan fingerprint density at radius 1 is 1.05 bits per heavy atom. The quantitative estimate of drug-likeness (QED) is 0.702. The van der Waals surface area contributed by atoms with Crippen molar-refractivity contribution in [3.63, 3.8) is 0 Å². The standard InChI is InChI=1S/C19H37NO/c1-4-20-18(17-12-8-6-7-9-13-17)19(21-5-2)14-10-11-16(3)15-19/h16-18,20H,4-15H2,1-3H3. The Bertz CT molecular complexity index is 281. The van der Waals surface area contributed by atoms with E-state index in [4.69, 9.17) is 4.74 Å². The molecule has 1 N–H and O–H groups in total. The summed E-state index contributed by atoms with van der Waals surface area (Å²) in [6.45, 7) is 8.79. The van der Waals surface area contributed by atoms with Crippen molar-refractivity contribution in [3.8, 4) is 0 Å². The number of ether oxygens (including phenoxy) is 1. The van der Waals surface area contributed by atoms with Crippen molar-refractivity contribution in [2.45, 2.75) is 96.6 Å². The molecule has 21 heavy (non-hydrogen) atoms. The van der Waals surface area contributed by atoms with Crippen LogP contribution in [-0.4, -0.2) is 24.8 Å². The minimum absolute atomic E-state index is 0.109. The normalized spacial score (nSPS) is 33.6. The minimum Gasteiger partial charge on any atom is -0.374 e. The lowest BCUT2D eigenvalue weighted by molar-refractivity contribution is -0.113. The van der Waals surface area contributed by atoms with E-state index in [1.54, 1.807) is 0 Å². The zero-order chi connectivity index (χ0) is 15.1. The van der Waals surface area contributed by atoms with Gasteiger partial charge in [-0.2, -0.15) is 0 Å². The lowest BCUT2D eigenvalue weighted by Gasteiger charge is -2.48. The highest BCUT2D eigenvalue weighted by Crippen LogP contribution is 2.42. The molecule has 0 aromatic carbocycles. The maximum absolute atomic E-state index is 6.49. The first kappa shape index (κ1) is 17.3. The average molecular weight is 296 g/mol. The van der Waals surface area contributed by atoms with Gasteiger partial charge in [-0.15, -0.1) is 0 Å². The van der Waals surface area contributed by atoms with Gasteiger partial charge in [-0.3, -0.25) is 0 Å². The summed E-state index contributed by atoms with van der Waals surface area (Å²) in [7, 11) is 0. The Morgan fingerprint density at radius 3 is 2.33 bits per heavy atom. The van der Waals surface area contributed by atoms with Gasteiger partial charge in [0.05, 0.1) is 5.60 Å². The van der Waals surface area contributed by atoms with Gasteiger partial charge in [0.1, 0.15) is 0 Å². The fourth-order valence-electron chi connectivity index (χ4n) is 4.98. The molecule has 2 fully saturated rings. The molecule has 0 spiro atoms. The SMILES string of the molecule is CCNC(C1CCCCCC1)C1(OCC)CCCC(C)C1. The van der Waals surface area contributed by atoms with Gasteiger partial charge in [-0.1, -0.05) is 52.4 Å². The first-order valence-corrected chi connectivity index (χ1v) is 9.59. The fourth-order valence-corrected chi connectivity index (χ4v) is 4.98. The topological polar surface area (TPSA) is 21.3 Å². The van der Waals surface area contributed by atoms with Crippen LogP contribution in [0, 0.1) is 11.8 Å². The largest absolute Gasteiger partial charge is 0.374 e. The zero-order valence-electron chi connectivity index (χ0n) is 14.6. The van der Waals surface area contributed by atoms with Crippen molar-refractivity contribution in [1.29, 1.82) is 0 Å². The van der Waals surface area contributed by atoms with Crippen LogP contribution in [0.3, 0.4) is 0 Å². The maximum atomic E-state index is 6.49. The molecular formula is C19H37NO. The molecule has 0 heterocycles. The molecule has 2 aliphatic rings. The van der Waals surface area contributed by atoms with Crippen LogP contribution in [0.5, 0.6) is 0 Å². The van der Waals surface area contributed by atoms with Crippen molar-refractivity contribution < 1.29 is 4.74 Å². The molecule has 124 valence electrons. The van der Waals surface area contributed by atoms with E-state index in [1.807, 2.05) is 0 Å². The maximum Gasteiger partial charge on any atom is 0.0839 e. The van der Waals surface area contributed by atoms with Crippen molar-refractivity contribution in [2.75, 3.05) is 13.2 Å². The predicted molar refractivity (Wildman–Crippen MR) is 90.6 cm³/mol. The van der Waals surface area contributed by atoms with Gasteiger partial charge in [-0.05, 0) is 51.0 Å². The summed E-state index contributed by atoms with van der Waals surface area (Å²) >= 11 is 0. The van der Waals surface area contributed by atoms with E-state index in [-0.39, 0.29) is 5.60 Å². The summed E-state index contributed by atoms with van der Waals surface area (Å²) in [5.41, 5.74) is 0.109. The van der Waals surface area contributed by atoms with Gasteiger partial charge in [0.25, 0.3) is 0 Å². The number of hydrogen-bond donors (Lipinski definition) is 1. The third-order valence-corrected chi connectivity index (χ3v) is 5.78. The Labute approximate surface area is 132 Å². The van der Waals surface area contributed by atoms with Crippen LogP contribution in [0.15, 0.2) is 0 Å². The molecule has 3 atom stereocenters. The molecule has 0 aromatic rings. The van der Waals surface area contributed by atoms with E-state index in [0.29, 0.717) is 6.04 Å². The zero-order valence-corrected chi connectivity index (χ0v) is 14.6. The second-order valence-electron chi connectivity index (χ2n) is 7.49. The van der Waals surface area contributed by atoms with Gasteiger partial charge in [0.2, 0.25) is 0 Å². The first-order chi connectivity index (χ1) is 10.2. The second-order valence-corrected chi connectivity index (χ2v) is 7.49. The summed E-state index contributed by atoms with van der Waals surface area (Å²) in [4.78, 5) is 0. The molecule has 2 aliphatic carbocycles. The van der Waals surface area contributed by atoms with Crippen molar-refractivity contribution in [2.24, 2.45) is 11.8 Å². The molecule has 2 saturated carbocycles. The highest BCUT2D eigenvalue weighted by molar-refractivity contribution is 5.00. The van der Waals surface area contributed by atoms with E-state index in [9.17, 15) is 0 Å². The Morgan fingerprint density at radius 2 is 1.76 bits per heavy atom. The van der Waals surface area contributed by atoms with Gasteiger partial charge >= 0.3 is 0 Å². The van der Waals surface area contributed by atoms with Gasteiger partial charge < -0.3 is 10.1 Å². The molecular weight excluding hydrogens is 258 g/mol. The van der Waals surface area contributed by atoms with Crippen molar-refractivity contribution in [1.82, 2.24) is 5.32 Å². The van der Waals surface area contributed by atoms with Crippen molar-refractivity contribution in [3.05, 3.63) is 0 Å². The van der Waals surface area contributed by atoms with Crippen LogP contribution in [0.25, 0.3) is 0 Å². The predicted octanol–water partition coefficient (Wildman–Crippen LogP) is 4.92. The van der Waals surface area contributed by atoms with Crippen LogP contribution in [0.2, 0.25) is 0 Å². The summed E-state index contributed by atoms with van der Waals surface area (Å²) in [6.07, 6.45) is 13.8. The van der Waals surface area contributed by atoms with Crippen LogP contribution in [-0.2, 0) is 4.74 Å². The third-order valence-electron chi connectivity index (χ3n) is 5.78. The molecule has 0 aromatic heterocycles. The number of nitrogens with one attached hydrogen (secondary N) is 1. The average Bonchev–Trinajstić information content (AvgIpc) is 2.74. The highest BCUT2D eigenvalue weighted by atomic mass is 16.5. The molecule has 2 rings (SSSR count). The molecule has 0 bridgehead atoms. The monoisotopic (exact) mass is 295 g/mol. The minimum atomic E-state index is 0.109. The Kier molecular flexibility index (Phi) is 7.01. The highest BCUT2D eigenvalue weighted by Gasteiger charge is 2.45. The lowest BCUT2D eigenvalue weighted by atomic mass is 9.69. The van der Waals surface area contributed by atoms with Crippen LogP contribution in [0.1, 0.15) is 85.0 Å². The third kappa shape index (κ3) is 4.45. The summed E-state index contributed by atoms with van der Waals surface area (Å²) in [6, 6.07) is 0.572. The first-order valence-electron chi connectivity index (χ1n) is 9.59. The second kappa shape index (κ2) is 8.53. The molecule has 0 saturated heterocycles. The summed E-state index contributed by atoms with van der Waals surface area (Å²) in [5, 5.41) is 3.87. The molecule has 0 amide bonds. The van der Waals surface area contributed by atoms with Gasteiger partial charge in [-0.25, -0.2) is 0 Å². The number of likely N-dealkylation sites (N-methyl/N-ethyl adjacent to an activating group) is 1. The van der Waals surface area contributed by atoms with E-state index in [2.05, 4.69) is 26.1 Å². The van der Waals surface area contributed by atoms with Crippen LogP contribution in [0.4, 0.5) is 0 Å². The summed E-state index contributed by atoms with van der Waals surface area (Å²) < 4.78 is 6.49. The fraction of sp³-hybridized carbons (Fsp3) is 1.00. The Hall–Kier alpha value is -0.0800. The van der Waals surface area contributed by atoms with E-state index < -0.39 is 0 Å². The molecule has 0 aliphatic heterocycles. The van der Waals surface area contributed by atoms with E-state index in [1.165, 1.54) is 64.2 Å². The van der Waals surface area contributed by atoms with Crippen molar-refractivity contribution >= 4 is 0 Å². The molecule has 2 nitrogen and oxygen atoms in total. The van der Waals surface area contributed by atoms with Crippen LogP contribution < -0.4 is 5.32 Å². The van der Waals surface area contributed by atoms with E-state index in [0.717, 1.165) is 25.0 Å². The summed E-state index contributed by atoms with van der Waals surface area (Å²) in [5.74, 6) is 1.64. The van der Waals surface area contributed by atoms with Crippen LogP contribution >= 0.6 is 0 Å². The molecule has 2 heteroatoms. The Balaban J connectivity index is 2.17.